The predicted molar refractivity (Wildman–Crippen MR) is 87.9 cm³/mol. The summed E-state index contributed by atoms with van der Waals surface area (Å²) in [6, 6.07) is 15.4. The summed E-state index contributed by atoms with van der Waals surface area (Å²) in [4.78, 5) is 11.9. The van der Waals surface area contributed by atoms with Crippen LogP contribution in [-0.4, -0.2) is 16.1 Å². The lowest BCUT2D eigenvalue weighted by molar-refractivity contribution is 0.0946. The van der Waals surface area contributed by atoms with E-state index in [1.807, 2.05) is 6.07 Å². The van der Waals surface area contributed by atoms with Gasteiger partial charge in [-0.2, -0.15) is 0 Å². The highest BCUT2D eigenvalue weighted by Gasteiger charge is 2.10. The van der Waals surface area contributed by atoms with Crippen LogP contribution in [0.25, 0.3) is 0 Å². The molecule has 5 nitrogen and oxygen atoms in total. The van der Waals surface area contributed by atoms with Gasteiger partial charge in [0.15, 0.2) is 0 Å². The van der Waals surface area contributed by atoms with Gasteiger partial charge in [0.2, 0.25) is 5.89 Å². The van der Waals surface area contributed by atoms with Crippen molar-refractivity contribution in [3.8, 4) is 0 Å². The highest BCUT2D eigenvalue weighted by molar-refractivity contribution is 7.98. The molecule has 1 heterocycles. The van der Waals surface area contributed by atoms with Crippen LogP contribution in [0.4, 0.5) is 4.39 Å². The Hall–Kier alpha value is -2.67. The third-order valence-corrected chi connectivity index (χ3v) is 4.06. The molecular formula is C17H14FN3O2S. The highest BCUT2D eigenvalue weighted by Crippen LogP contribution is 2.22. The Morgan fingerprint density at radius 2 is 1.83 bits per heavy atom. The van der Waals surface area contributed by atoms with E-state index in [1.54, 1.807) is 42.5 Å². The normalized spacial score (nSPS) is 10.5. The van der Waals surface area contributed by atoms with Gasteiger partial charge in [-0.1, -0.05) is 48.2 Å². The summed E-state index contributed by atoms with van der Waals surface area (Å²) in [6.45, 7) is 0.140. The number of amides is 1. The summed E-state index contributed by atoms with van der Waals surface area (Å²) in [5.74, 6) is 0.217. The number of hydrogen-bond donors (Lipinski definition) is 1. The van der Waals surface area contributed by atoms with E-state index in [0.717, 1.165) is 0 Å². The maximum atomic E-state index is 13.5. The summed E-state index contributed by atoms with van der Waals surface area (Å²) in [5.41, 5.74) is 1.13. The Bertz CT molecular complexity index is 823. The molecule has 0 aliphatic rings. The fraction of sp³-hybridized carbons (Fsp3) is 0.118. The van der Waals surface area contributed by atoms with E-state index in [2.05, 4.69) is 15.5 Å². The van der Waals surface area contributed by atoms with Crippen LogP contribution >= 0.6 is 11.8 Å². The highest BCUT2D eigenvalue weighted by atomic mass is 32.2. The molecule has 1 amide bonds. The molecule has 2 aromatic carbocycles. The number of nitrogens with zero attached hydrogens (tertiary/aromatic N) is 2. The van der Waals surface area contributed by atoms with Crippen LogP contribution in [0.5, 0.6) is 0 Å². The number of hydrogen-bond acceptors (Lipinski definition) is 5. The number of halogens is 1. The Balaban J connectivity index is 1.52. The monoisotopic (exact) mass is 343 g/mol. The smallest absolute Gasteiger partial charge is 0.276 e. The molecule has 0 fully saturated rings. The molecule has 0 atom stereocenters. The molecule has 0 spiro atoms. The molecule has 0 saturated carbocycles. The predicted octanol–water partition coefficient (Wildman–Crippen LogP) is 3.43. The molecule has 0 radical (unpaired) electrons. The van der Waals surface area contributed by atoms with Crippen LogP contribution in [0.3, 0.4) is 0 Å². The van der Waals surface area contributed by atoms with Crippen LogP contribution in [0.2, 0.25) is 0 Å². The summed E-state index contributed by atoms with van der Waals surface area (Å²) >= 11 is 1.25. The molecule has 0 aliphatic heterocycles. The zero-order valence-corrected chi connectivity index (χ0v) is 13.4. The van der Waals surface area contributed by atoms with Crippen molar-refractivity contribution >= 4 is 17.7 Å². The van der Waals surface area contributed by atoms with E-state index in [-0.39, 0.29) is 18.3 Å². The van der Waals surface area contributed by atoms with Gasteiger partial charge in [0, 0.05) is 11.3 Å². The molecular weight excluding hydrogens is 329 g/mol. The maximum Gasteiger partial charge on any atom is 0.276 e. The molecule has 24 heavy (non-hydrogen) atoms. The van der Waals surface area contributed by atoms with Gasteiger partial charge >= 0.3 is 0 Å². The Morgan fingerprint density at radius 3 is 2.62 bits per heavy atom. The van der Waals surface area contributed by atoms with E-state index >= 15 is 0 Å². The van der Waals surface area contributed by atoms with E-state index in [9.17, 15) is 9.18 Å². The first-order valence-electron chi connectivity index (χ1n) is 7.24. The van der Waals surface area contributed by atoms with Crippen molar-refractivity contribution < 1.29 is 13.6 Å². The van der Waals surface area contributed by atoms with Gasteiger partial charge in [0.25, 0.3) is 11.1 Å². The largest absolute Gasteiger partial charge is 0.414 e. The number of aromatic nitrogens is 2. The van der Waals surface area contributed by atoms with E-state index < -0.39 is 0 Å². The van der Waals surface area contributed by atoms with Crippen molar-refractivity contribution in [1.29, 1.82) is 0 Å². The summed E-state index contributed by atoms with van der Waals surface area (Å²) in [7, 11) is 0. The first kappa shape index (κ1) is 16.2. The Labute approximate surface area is 142 Å². The first-order valence-corrected chi connectivity index (χ1v) is 8.23. The average Bonchev–Trinajstić information content (AvgIpc) is 3.08. The SMILES string of the molecule is O=C(NCc1nnc(SCc2ccccc2F)o1)c1ccccc1. The van der Waals surface area contributed by atoms with Gasteiger partial charge in [-0.15, -0.1) is 10.2 Å². The minimum atomic E-state index is -0.264. The molecule has 0 unspecified atom stereocenters. The van der Waals surface area contributed by atoms with Crippen molar-refractivity contribution in [2.75, 3.05) is 0 Å². The lowest BCUT2D eigenvalue weighted by atomic mass is 10.2. The lowest BCUT2D eigenvalue weighted by Gasteiger charge is -2.01. The van der Waals surface area contributed by atoms with Gasteiger partial charge in [0.1, 0.15) is 5.82 Å². The third-order valence-electron chi connectivity index (χ3n) is 3.19. The quantitative estimate of drug-likeness (QED) is 0.695. The van der Waals surface area contributed by atoms with Crippen molar-refractivity contribution in [3.63, 3.8) is 0 Å². The summed E-state index contributed by atoms with van der Waals surface area (Å²) in [6.07, 6.45) is 0. The molecule has 1 aromatic heterocycles. The first-order chi connectivity index (χ1) is 11.7. The summed E-state index contributed by atoms with van der Waals surface area (Å²) in [5, 5.41) is 10.8. The van der Waals surface area contributed by atoms with Crippen molar-refractivity contribution in [2.45, 2.75) is 17.5 Å². The minimum Gasteiger partial charge on any atom is -0.414 e. The summed E-state index contributed by atoms with van der Waals surface area (Å²) < 4.78 is 19.0. The number of rotatable bonds is 6. The maximum absolute atomic E-state index is 13.5. The zero-order valence-electron chi connectivity index (χ0n) is 12.6. The van der Waals surface area contributed by atoms with E-state index in [1.165, 1.54) is 17.8 Å². The molecule has 1 N–H and O–H groups in total. The number of thioether (sulfide) groups is 1. The molecule has 7 heteroatoms. The molecule has 122 valence electrons. The van der Waals surface area contributed by atoms with Crippen LogP contribution < -0.4 is 5.32 Å². The number of benzene rings is 2. The minimum absolute atomic E-state index is 0.140. The van der Waals surface area contributed by atoms with Crippen LogP contribution in [-0.2, 0) is 12.3 Å². The van der Waals surface area contributed by atoms with Crippen LogP contribution in [0, 0.1) is 5.82 Å². The molecule has 0 bridgehead atoms. The zero-order chi connectivity index (χ0) is 16.8. The standard InChI is InChI=1S/C17H14FN3O2S/c18-14-9-5-4-8-13(14)11-24-17-21-20-15(23-17)10-19-16(22)12-6-2-1-3-7-12/h1-9H,10-11H2,(H,19,22). The van der Waals surface area contributed by atoms with E-state index in [4.69, 9.17) is 4.42 Å². The Morgan fingerprint density at radius 1 is 1.08 bits per heavy atom. The van der Waals surface area contributed by atoms with Crippen molar-refractivity contribution in [3.05, 3.63) is 77.4 Å². The van der Waals surface area contributed by atoms with Gasteiger partial charge in [-0.05, 0) is 23.8 Å². The van der Waals surface area contributed by atoms with Gasteiger partial charge < -0.3 is 9.73 Å². The second-order valence-electron chi connectivity index (χ2n) is 4.89. The second-order valence-corrected chi connectivity index (χ2v) is 5.82. The van der Waals surface area contributed by atoms with Gasteiger partial charge in [-0.25, -0.2) is 4.39 Å². The lowest BCUT2D eigenvalue weighted by Crippen LogP contribution is -2.22. The molecule has 0 aliphatic carbocycles. The fourth-order valence-electron chi connectivity index (χ4n) is 1.97. The number of carbonyl (C=O) groups excluding carboxylic acids is 1. The average molecular weight is 343 g/mol. The third kappa shape index (κ3) is 4.20. The van der Waals surface area contributed by atoms with Crippen molar-refractivity contribution in [1.82, 2.24) is 15.5 Å². The molecule has 3 aromatic rings. The molecule has 0 saturated heterocycles. The fourth-order valence-corrected chi connectivity index (χ4v) is 2.74. The Kier molecular flexibility index (Phi) is 5.22. The number of carbonyl (C=O) groups is 1. The van der Waals surface area contributed by atoms with Crippen LogP contribution in [0.1, 0.15) is 21.8 Å². The van der Waals surface area contributed by atoms with Gasteiger partial charge in [-0.3, -0.25) is 4.79 Å². The van der Waals surface area contributed by atoms with Crippen molar-refractivity contribution in [2.24, 2.45) is 0 Å². The van der Waals surface area contributed by atoms with E-state index in [0.29, 0.717) is 28.0 Å². The second kappa shape index (κ2) is 7.74. The van der Waals surface area contributed by atoms with Gasteiger partial charge in [0.05, 0.1) is 6.54 Å². The van der Waals surface area contributed by atoms with Crippen LogP contribution in [0.15, 0.2) is 64.2 Å². The number of nitrogens with one attached hydrogen (secondary N) is 1. The topological polar surface area (TPSA) is 68.0 Å². The molecule has 3 rings (SSSR count).